The number of benzene rings is 1. The first-order valence-electron chi connectivity index (χ1n) is 3.89. The van der Waals surface area contributed by atoms with Crippen molar-refractivity contribution in [3.63, 3.8) is 0 Å². The van der Waals surface area contributed by atoms with E-state index in [4.69, 9.17) is 11.6 Å². The number of hydrogen-bond acceptors (Lipinski definition) is 1. The van der Waals surface area contributed by atoms with Crippen molar-refractivity contribution in [2.24, 2.45) is 0 Å². The molecule has 1 rings (SSSR count). The number of carbonyl (C=O) groups excluding carboxylic acids is 1. The van der Waals surface area contributed by atoms with E-state index in [0.717, 1.165) is 11.8 Å². The van der Waals surface area contributed by atoms with Crippen molar-refractivity contribution in [3.05, 3.63) is 34.3 Å². The zero-order valence-corrected chi connectivity index (χ0v) is 10.1. The van der Waals surface area contributed by atoms with Crippen molar-refractivity contribution in [2.75, 3.05) is 0 Å². The minimum atomic E-state index is 0. The van der Waals surface area contributed by atoms with Gasteiger partial charge in [-0.1, -0.05) is 31.5 Å². The fourth-order valence-electron chi connectivity index (χ4n) is 1.17. The van der Waals surface area contributed by atoms with E-state index >= 15 is 0 Å². The molecule has 1 aromatic rings. The fraction of sp³-hybridized carbons (Fsp3) is 0.300. The van der Waals surface area contributed by atoms with Crippen LogP contribution in [0.4, 0.5) is 0 Å². The van der Waals surface area contributed by atoms with Gasteiger partial charge in [0.15, 0.2) is 0 Å². The van der Waals surface area contributed by atoms with E-state index in [1.165, 1.54) is 0 Å². The van der Waals surface area contributed by atoms with Gasteiger partial charge >= 0.3 is 0 Å². The van der Waals surface area contributed by atoms with Gasteiger partial charge in [-0.15, -0.1) is 0 Å². The van der Waals surface area contributed by atoms with E-state index in [0.29, 0.717) is 16.5 Å². The molecule has 0 heterocycles. The van der Waals surface area contributed by atoms with Gasteiger partial charge in [0.25, 0.3) is 0 Å². The first-order valence-corrected chi connectivity index (χ1v) is 4.27. The Morgan fingerprint density at radius 2 is 2.00 bits per heavy atom. The third-order valence-electron chi connectivity index (χ3n) is 1.80. The SMILES string of the molecule is CC(C)c1ccc(Cl)cc1C=O.[Mg]. The summed E-state index contributed by atoms with van der Waals surface area (Å²) in [6.07, 6.45) is 0.848. The zero-order chi connectivity index (χ0) is 9.14. The van der Waals surface area contributed by atoms with Crippen LogP contribution < -0.4 is 0 Å². The van der Waals surface area contributed by atoms with Gasteiger partial charge < -0.3 is 0 Å². The predicted octanol–water partition coefficient (Wildman–Crippen LogP) is 2.90. The van der Waals surface area contributed by atoms with Crippen molar-refractivity contribution >= 4 is 40.9 Å². The number of aldehydes is 1. The first-order chi connectivity index (χ1) is 5.65. The lowest BCUT2D eigenvalue weighted by molar-refractivity contribution is 0.112. The first kappa shape index (κ1) is 12.9. The largest absolute Gasteiger partial charge is 0.298 e. The van der Waals surface area contributed by atoms with Gasteiger partial charge in [0.05, 0.1) is 0 Å². The molecule has 13 heavy (non-hydrogen) atoms. The number of halogens is 1. The van der Waals surface area contributed by atoms with E-state index in [-0.39, 0.29) is 23.1 Å². The topological polar surface area (TPSA) is 17.1 Å². The number of carbonyl (C=O) groups is 1. The van der Waals surface area contributed by atoms with E-state index in [1.807, 2.05) is 12.1 Å². The molecule has 0 aliphatic rings. The van der Waals surface area contributed by atoms with Crippen LogP contribution in [-0.4, -0.2) is 29.3 Å². The third kappa shape index (κ3) is 3.29. The zero-order valence-electron chi connectivity index (χ0n) is 7.88. The highest BCUT2D eigenvalue weighted by Crippen LogP contribution is 2.21. The number of rotatable bonds is 2. The molecule has 66 valence electrons. The average molecular weight is 207 g/mol. The van der Waals surface area contributed by atoms with Gasteiger partial charge in [-0.25, -0.2) is 0 Å². The quantitative estimate of drug-likeness (QED) is 0.538. The molecule has 0 aliphatic carbocycles. The van der Waals surface area contributed by atoms with Crippen LogP contribution in [-0.2, 0) is 0 Å². The Morgan fingerprint density at radius 1 is 1.38 bits per heavy atom. The highest BCUT2D eigenvalue weighted by atomic mass is 35.5. The smallest absolute Gasteiger partial charge is 0.150 e. The van der Waals surface area contributed by atoms with Gasteiger partial charge in [0, 0.05) is 33.6 Å². The van der Waals surface area contributed by atoms with Crippen LogP contribution >= 0.6 is 11.6 Å². The lowest BCUT2D eigenvalue weighted by Gasteiger charge is -2.07. The summed E-state index contributed by atoms with van der Waals surface area (Å²) in [5.41, 5.74) is 1.74. The molecule has 1 nitrogen and oxygen atoms in total. The average Bonchev–Trinajstić information content (AvgIpc) is 2.03. The van der Waals surface area contributed by atoms with Crippen molar-refractivity contribution in [3.8, 4) is 0 Å². The second-order valence-corrected chi connectivity index (χ2v) is 3.48. The van der Waals surface area contributed by atoms with Crippen LogP contribution in [0, 0.1) is 0 Å². The maximum Gasteiger partial charge on any atom is 0.150 e. The van der Waals surface area contributed by atoms with Crippen LogP contribution in [0.1, 0.15) is 35.7 Å². The van der Waals surface area contributed by atoms with Crippen molar-refractivity contribution in [2.45, 2.75) is 19.8 Å². The van der Waals surface area contributed by atoms with Gasteiger partial charge in [0.2, 0.25) is 0 Å². The Labute approximate surface area is 99.6 Å². The molecule has 1 aromatic carbocycles. The van der Waals surface area contributed by atoms with Gasteiger partial charge in [-0.05, 0) is 23.6 Å². The minimum absolute atomic E-state index is 0. The summed E-state index contributed by atoms with van der Waals surface area (Å²) in [6.45, 7) is 4.10. The van der Waals surface area contributed by atoms with E-state index in [1.54, 1.807) is 6.07 Å². The molecule has 0 N–H and O–H groups in total. The van der Waals surface area contributed by atoms with E-state index in [2.05, 4.69) is 13.8 Å². The number of hydrogen-bond donors (Lipinski definition) is 0. The molecule has 0 spiro atoms. The molecule has 0 amide bonds. The summed E-state index contributed by atoms with van der Waals surface area (Å²) in [5, 5.41) is 0.613. The lowest BCUT2D eigenvalue weighted by Crippen LogP contribution is -1.94. The second kappa shape index (κ2) is 5.63. The molecule has 0 aromatic heterocycles. The Balaban J connectivity index is 0.00000144. The molecule has 2 radical (unpaired) electrons. The highest BCUT2D eigenvalue weighted by molar-refractivity contribution is 6.30. The third-order valence-corrected chi connectivity index (χ3v) is 2.03. The van der Waals surface area contributed by atoms with Crippen molar-refractivity contribution in [1.82, 2.24) is 0 Å². The Morgan fingerprint density at radius 3 is 2.46 bits per heavy atom. The molecule has 0 aliphatic heterocycles. The monoisotopic (exact) mass is 206 g/mol. The maximum absolute atomic E-state index is 10.6. The molecule has 0 fully saturated rings. The molecular weight excluding hydrogens is 196 g/mol. The van der Waals surface area contributed by atoms with Crippen molar-refractivity contribution < 1.29 is 4.79 Å². The summed E-state index contributed by atoms with van der Waals surface area (Å²) in [6, 6.07) is 5.41. The molecule has 0 atom stereocenters. The fourth-order valence-corrected chi connectivity index (χ4v) is 1.35. The minimum Gasteiger partial charge on any atom is -0.298 e. The molecule has 0 unspecified atom stereocenters. The normalized spacial score (nSPS) is 9.54. The Kier molecular flexibility index (Phi) is 5.61. The van der Waals surface area contributed by atoms with E-state index in [9.17, 15) is 4.79 Å². The van der Waals surface area contributed by atoms with Gasteiger partial charge in [0.1, 0.15) is 6.29 Å². The van der Waals surface area contributed by atoms with Gasteiger partial charge in [-0.2, -0.15) is 0 Å². The molecule has 0 saturated carbocycles. The molecular formula is C10H11ClMgO. The molecule has 0 saturated heterocycles. The van der Waals surface area contributed by atoms with Crippen LogP contribution in [0.5, 0.6) is 0 Å². The highest BCUT2D eigenvalue weighted by Gasteiger charge is 2.05. The molecule has 3 heteroatoms. The summed E-state index contributed by atoms with van der Waals surface area (Å²) in [7, 11) is 0. The summed E-state index contributed by atoms with van der Waals surface area (Å²) >= 11 is 5.74. The molecule has 0 bridgehead atoms. The summed E-state index contributed by atoms with van der Waals surface area (Å²) in [4.78, 5) is 10.6. The summed E-state index contributed by atoms with van der Waals surface area (Å²) < 4.78 is 0. The lowest BCUT2D eigenvalue weighted by atomic mass is 9.98. The van der Waals surface area contributed by atoms with Crippen LogP contribution in [0.2, 0.25) is 5.02 Å². The van der Waals surface area contributed by atoms with Crippen LogP contribution in [0.15, 0.2) is 18.2 Å². The van der Waals surface area contributed by atoms with Gasteiger partial charge in [-0.3, -0.25) is 4.79 Å². The van der Waals surface area contributed by atoms with Crippen LogP contribution in [0.3, 0.4) is 0 Å². The van der Waals surface area contributed by atoms with Crippen molar-refractivity contribution in [1.29, 1.82) is 0 Å². The standard InChI is InChI=1S/C10H11ClO.Mg/c1-7(2)10-4-3-9(11)5-8(10)6-12;/h3-7H,1-2H3;. The van der Waals surface area contributed by atoms with Crippen LogP contribution in [0.25, 0.3) is 0 Å². The van der Waals surface area contributed by atoms with E-state index < -0.39 is 0 Å². The Hall–Kier alpha value is -0.0538. The second-order valence-electron chi connectivity index (χ2n) is 3.05. The predicted molar refractivity (Wildman–Crippen MR) is 56.7 cm³/mol. The summed E-state index contributed by atoms with van der Waals surface area (Å²) in [5.74, 6) is 0.363. The Bertz CT molecular complexity index is 297. The maximum atomic E-state index is 10.6.